The molecule has 2 aromatic carbocycles. The molecule has 0 spiro atoms. The highest BCUT2D eigenvalue weighted by molar-refractivity contribution is 14.1. The Hall–Kier alpha value is -0.950. The standard InChI is InChI=1S/C15H15BrINO2/c1-19-14-8-10(7-13(17)15(14)20-2)9-18-12-5-3-11(16)4-6-12/h3-8,18H,9H2,1-2H3. The third kappa shape index (κ3) is 3.79. The van der Waals surface area contributed by atoms with E-state index in [0.717, 1.165) is 37.3 Å². The van der Waals surface area contributed by atoms with Gasteiger partial charge in [0.05, 0.1) is 17.8 Å². The van der Waals surface area contributed by atoms with Gasteiger partial charge in [-0.1, -0.05) is 15.9 Å². The summed E-state index contributed by atoms with van der Waals surface area (Å²) in [5, 5.41) is 3.38. The quantitative estimate of drug-likeness (QED) is 0.675. The summed E-state index contributed by atoms with van der Waals surface area (Å²) < 4.78 is 12.8. The number of hydrogen-bond donors (Lipinski definition) is 1. The van der Waals surface area contributed by atoms with Gasteiger partial charge in [-0.3, -0.25) is 0 Å². The van der Waals surface area contributed by atoms with Crippen LogP contribution in [-0.4, -0.2) is 14.2 Å². The normalized spacial score (nSPS) is 10.2. The summed E-state index contributed by atoms with van der Waals surface area (Å²) in [6, 6.07) is 12.2. The number of hydrogen-bond acceptors (Lipinski definition) is 3. The maximum atomic E-state index is 5.36. The molecule has 2 rings (SSSR count). The fraction of sp³-hybridized carbons (Fsp3) is 0.200. The van der Waals surface area contributed by atoms with Crippen molar-refractivity contribution in [3.8, 4) is 11.5 Å². The summed E-state index contributed by atoms with van der Waals surface area (Å²) in [5.41, 5.74) is 2.23. The second kappa shape index (κ2) is 7.17. The van der Waals surface area contributed by atoms with E-state index in [1.165, 1.54) is 0 Å². The van der Waals surface area contributed by atoms with Crippen molar-refractivity contribution < 1.29 is 9.47 Å². The molecule has 0 heterocycles. The van der Waals surface area contributed by atoms with Gasteiger partial charge in [0, 0.05) is 16.7 Å². The molecule has 2 aromatic rings. The van der Waals surface area contributed by atoms with Crippen molar-refractivity contribution in [3.05, 3.63) is 50.0 Å². The second-order valence-electron chi connectivity index (χ2n) is 4.17. The summed E-state index contributed by atoms with van der Waals surface area (Å²) in [7, 11) is 3.31. The van der Waals surface area contributed by atoms with Gasteiger partial charge in [0.1, 0.15) is 0 Å². The number of nitrogens with one attached hydrogen (secondary N) is 1. The molecule has 0 aliphatic heterocycles. The van der Waals surface area contributed by atoms with E-state index < -0.39 is 0 Å². The first-order chi connectivity index (χ1) is 9.63. The van der Waals surface area contributed by atoms with Gasteiger partial charge in [0.2, 0.25) is 0 Å². The summed E-state index contributed by atoms with van der Waals surface area (Å²) >= 11 is 5.68. The van der Waals surface area contributed by atoms with E-state index in [4.69, 9.17) is 9.47 Å². The van der Waals surface area contributed by atoms with Crippen LogP contribution in [0.2, 0.25) is 0 Å². The molecule has 1 N–H and O–H groups in total. The lowest BCUT2D eigenvalue weighted by atomic mass is 10.2. The van der Waals surface area contributed by atoms with Gasteiger partial charge in [0.15, 0.2) is 11.5 Å². The first kappa shape index (κ1) is 15.4. The largest absolute Gasteiger partial charge is 0.493 e. The Morgan fingerprint density at radius 2 is 1.80 bits per heavy atom. The van der Waals surface area contributed by atoms with Gasteiger partial charge in [-0.2, -0.15) is 0 Å². The topological polar surface area (TPSA) is 30.5 Å². The van der Waals surface area contributed by atoms with Crippen LogP contribution >= 0.6 is 38.5 Å². The first-order valence-corrected chi connectivity index (χ1v) is 7.91. The monoisotopic (exact) mass is 447 g/mol. The molecule has 0 aromatic heterocycles. The molecule has 0 amide bonds. The molecule has 0 atom stereocenters. The highest BCUT2D eigenvalue weighted by atomic mass is 127. The lowest BCUT2D eigenvalue weighted by Gasteiger charge is -2.13. The summed E-state index contributed by atoms with van der Waals surface area (Å²) in [5.74, 6) is 1.53. The van der Waals surface area contributed by atoms with Crippen LogP contribution in [0, 0.1) is 3.57 Å². The molecule has 0 radical (unpaired) electrons. The maximum Gasteiger partial charge on any atom is 0.174 e. The molecule has 3 nitrogen and oxygen atoms in total. The minimum atomic E-state index is 0.734. The van der Waals surface area contributed by atoms with Crippen molar-refractivity contribution in [2.24, 2.45) is 0 Å². The number of anilines is 1. The average molecular weight is 448 g/mol. The maximum absolute atomic E-state index is 5.36. The highest BCUT2D eigenvalue weighted by Crippen LogP contribution is 2.33. The van der Waals surface area contributed by atoms with Crippen LogP contribution in [0.25, 0.3) is 0 Å². The molecule has 0 saturated heterocycles. The Morgan fingerprint density at radius 1 is 1.10 bits per heavy atom. The molecule has 20 heavy (non-hydrogen) atoms. The van der Waals surface area contributed by atoms with Crippen molar-refractivity contribution >= 4 is 44.2 Å². The number of ether oxygens (including phenoxy) is 2. The molecule has 0 aliphatic rings. The molecule has 0 aliphatic carbocycles. The van der Waals surface area contributed by atoms with Crippen LogP contribution in [0.15, 0.2) is 40.9 Å². The van der Waals surface area contributed by atoms with Crippen molar-refractivity contribution in [2.45, 2.75) is 6.54 Å². The van der Waals surface area contributed by atoms with Crippen molar-refractivity contribution in [3.63, 3.8) is 0 Å². The molecular weight excluding hydrogens is 433 g/mol. The van der Waals surface area contributed by atoms with Gasteiger partial charge in [-0.15, -0.1) is 0 Å². The predicted octanol–water partition coefficient (Wildman–Crippen LogP) is 4.68. The van der Waals surface area contributed by atoms with E-state index >= 15 is 0 Å². The minimum Gasteiger partial charge on any atom is -0.493 e. The van der Waals surface area contributed by atoms with Gasteiger partial charge >= 0.3 is 0 Å². The Morgan fingerprint density at radius 3 is 2.40 bits per heavy atom. The number of methoxy groups -OCH3 is 2. The predicted molar refractivity (Wildman–Crippen MR) is 93.7 cm³/mol. The Kier molecular flexibility index (Phi) is 5.54. The summed E-state index contributed by atoms with van der Waals surface area (Å²) in [6.07, 6.45) is 0. The van der Waals surface area contributed by atoms with Crippen LogP contribution in [0.4, 0.5) is 5.69 Å². The van der Waals surface area contributed by atoms with Crippen molar-refractivity contribution in [2.75, 3.05) is 19.5 Å². The molecule has 5 heteroatoms. The fourth-order valence-corrected chi connectivity index (χ4v) is 3.00. The fourth-order valence-electron chi connectivity index (χ4n) is 1.85. The van der Waals surface area contributed by atoms with E-state index in [1.807, 2.05) is 30.3 Å². The molecule has 0 unspecified atom stereocenters. The number of halogens is 2. The molecule has 0 saturated carbocycles. The SMILES string of the molecule is COc1cc(CNc2ccc(Br)cc2)cc(I)c1OC. The van der Waals surface area contributed by atoms with Gasteiger partial charge in [-0.05, 0) is 64.6 Å². The minimum absolute atomic E-state index is 0.734. The zero-order chi connectivity index (χ0) is 14.5. The molecule has 106 valence electrons. The van der Waals surface area contributed by atoms with Crippen LogP contribution in [0.3, 0.4) is 0 Å². The third-order valence-electron chi connectivity index (χ3n) is 2.83. The number of benzene rings is 2. The van der Waals surface area contributed by atoms with Crippen LogP contribution in [0.1, 0.15) is 5.56 Å². The van der Waals surface area contributed by atoms with E-state index in [0.29, 0.717) is 0 Å². The van der Waals surface area contributed by atoms with E-state index in [9.17, 15) is 0 Å². The van der Waals surface area contributed by atoms with Gasteiger partial charge in [-0.25, -0.2) is 0 Å². The van der Waals surface area contributed by atoms with Crippen LogP contribution in [-0.2, 0) is 6.54 Å². The van der Waals surface area contributed by atoms with Crippen LogP contribution in [0.5, 0.6) is 11.5 Å². The van der Waals surface area contributed by atoms with Crippen LogP contribution < -0.4 is 14.8 Å². The zero-order valence-corrected chi connectivity index (χ0v) is 15.0. The van der Waals surface area contributed by atoms with Crippen molar-refractivity contribution in [1.82, 2.24) is 0 Å². The summed E-state index contributed by atoms with van der Waals surface area (Å²) in [6.45, 7) is 0.734. The Balaban J connectivity index is 2.13. The lowest BCUT2D eigenvalue weighted by Crippen LogP contribution is -2.01. The molecule has 0 fully saturated rings. The lowest BCUT2D eigenvalue weighted by molar-refractivity contribution is 0.352. The summed E-state index contributed by atoms with van der Waals surface area (Å²) in [4.78, 5) is 0. The second-order valence-corrected chi connectivity index (χ2v) is 6.25. The van der Waals surface area contributed by atoms with Crippen molar-refractivity contribution in [1.29, 1.82) is 0 Å². The molecular formula is C15H15BrINO2. The van der Waals surface area contributed by atoms with Gasteiger partial charge in [0.25, 0.3) is 0 Å². The first-order valence-electron chi connectivity index (χ1n) is 6.04. The third-order valence-corrected chi connectivity index (χ3v) is 4.16. The smallest absolute Gasteiger partial charge is 0.174 e. The van der Waals surface area contributed by atoms with E-state index in [2.05, 4.69) is 49.9 Å². The zero-order valence-electron chi connectivity index (χ0n) is 11.2. The number of rotatable bonds is 5. The van der Waals surface area contributed by atoms with E-state index in [1.54, 1.807) is 14.2 Å². The highest BCUT2D eigenvalue weighted by Gasteiger charge is 2.10. The Bertz CT molecular complexity index is 587. The van der Waals surface area contributed by atoms with E-state index in [-0.39, 0.29) is 0 Å². The average Bonchev–Trinajstić information content (AvgIpc) is 2.46. The van der Waals surface area contributed by atoms with Gasteiger partial charge < -0.3 is 14.8 Å². The molecule has 0 bridgehead atoms. The Labute approximate surface area is 140 Å².